The molecule has 1 aromatic carbocycles. The normalized spacial score (nSPS) is 12.9. The number of anilines is 1. The van der Waals surface area contributed by atoms with Crippen molar-refractivity contribution >= 4 is 5.69 Å². The van der Waals surface area contributed by atoms with Gasteiger partial charge in [-0.05, 0) is 19.1 Å². The van der Waals surface area contributed by atoms with Gasteiger partial charge in [-0.1, -0.05) is 0 Å². The number of halogens is 3. The van der Waals surface area contributed by atoms with Crippen LogP contribution in [0.15, 0.2) is 12.1 Å². The first-order valence-corrected chi connectivity index (χ1v) is 4.96. The van der Waals surface area contributed by atoms with Crippen molar-refractivity contribution in [3.8, 4) is 0 Å². The summed E-state index contributed by atoms with van der Waals surface area (Å²) >= 11 is 0. The van der Waals surface area contributed by atoms with E-state index in [4.69, 9.17) is 9.47 Å². The van der Waals surface area contributed by atoms with E-state index in [1.807, 2.05) is 0 Å². The van der Waals surface area contributed by atoms with Gasteiger partial charge in [-0.3, -0.25) is 0 Å². The Morgan fingerprint density at radius 3 is 2.18 bits per heavy atom. The molecule has 0 radical (unpaired) electrons. The minimum Gasteiger partial charge on any atom is -0.375 e. The van der Waals surface area contributed by atoms with Crippen molar-refractivity contribution in [2.45, 2.75) is 19.3 Å². The minimum absolute atomic E-state index is 0.143. The van der Waals surface area contributed by atoms with Crippen LogP contribution in [0.3, 0.4) is 0 Å². The van der Waals surface area contributed by atoms with Crippen LogP contribution in [-0.4, -0.2) is 26.6 Å². The molecule has 1 rings (SSSR count). The van der Waals surface area contributed by atoms with Crippen molar-refractivity contribution in [2.75, 3.05) is 19.5 Å². The van der Waals surface area contributed by atoms with Gasteiger partial charge in [0, 0.05) is 14.2 Å². The minimum atomic E-state index is -1.51. The quantitative estimate of drug-likeness (QED) is 0.642. The lowest BCUT2D eigenvalue weighted by Gasteiger charge is -2.23. The van der Waals surface area contributed by atoms with Gasteiger partial charge in [0.1, 0.15) is 0 Å². The maximum absolute atomic E-state index is 13.3. The largest absolute Gasteiger partial charge is 0.375 e. The van der Waals surface area contributed by atoms with Crippen LogP contribution in [0.4, 0.5) is 18.9 Å². The average molecular weight is 249 g/mol. The lowest BCUT2D eigenvalue weighted by Crippen LogP contribution is -2.34. The molecule has 0 aromatic heterocycles. The van der Waals surface area contributed by atoms with Crippen LogP contribution in [0.25, 0.3) is 0 Å². The number of hydrogen-bond donors (Lipinski definition) is 1. The van der Waals surface area contributed by atoms with Crippen LogP contribution in [0, 0.1) is 17.5 Å². The van der Waals surface area contributed by atoms with E-state index < -0.39 is 29.8 Å². The molecule has 1 aromatic rings. The fourth-order valence-electron chi connectivity index (χ4n) is 1.46. The van der Waals surface area contributed by atoms with Gasteiger partial charge in [0.15, 0.2) is 23.7 Å². The van der Waals surface area contributed by atoms with Crippen LogP contribution >= 0.6 is 0 Å². The third kappa shape index (κ3) is 3.10. The SMILES string of the molecule is COC(OC)C(C)Nc1ccc(F)c(F)c1F. The Hall–Kier alpha value is -1.27. The molecule has 0 aliphatic rings. The summed E-state index contributed by atoms with van der Waals surface area (Å²) in [5.41, 5.74) is -0.143. The zero-order chi connectivity index (χ0) is 13.0. The Labute approximate surface area is 97.5 Å². The second-order valence-electron chi connectivity index (χ2n) is 3.50. The van der Waals surface area contributed by atoms with Crippen LogP contribution in [-0.2, 0) is 9.47 Å². The van der Waals surface area contributed by atoms with Crippen molar-refractivity contribution in [1.29, 1.82) is 0 Å². The second kappa shape index (κ2) is 5.88. The predicted octanol–water partition coefficient (Wildman–Crippen LogP) is 2.52. The number of hydrogen-bond acceptors (Lipinski definition) is 3. The van der Waals surface area contributed by atoms with Crippen LogP contribution in [0.5, 0.6) is 0 Å². The lowest BCUT2D eigenvalue weighted by atomic mass is 10.2. The molecule has 0 aliphatic heterocycles. The van der Waals surface area contributed by atoms with Crippen molar-refractivity contribution < 1.29 is 22.6 Å². The Balaban J connectivity index is 2.85. The first-order chi connectivity index (χ1) is 8.01. The van der Waals surface area contributed by atoms with Gasteiger partial charge >= 0.3 is 0 Å². The summed E-state index contributed by atoms with van der Waals surface area (Å²) in [6.45, 7) is 1.67. The van der Waals surface area contributed by atoms with Gasteiger partial charge in [-0.2, -0.15) is 0 Å². The van der Waals surface area contributed by atoms with Crippen molar-refractivity contribution in [3.63, 3.8) is 0 Å². The zero-order valence-corrected chi connectivity index (χ0v) is 9.76. The summed E-state index contributed by atoms with van der Waals surface area (Å²) < 4.78 is 48.9. The van der Waals surface area contributed by atoms with Crippen LogP contribution < -0.4 is 5.32 Å². The molecule has 0 spiro atoms. The van der Waals surface area contributed by atoms with Crippen LogP contribution in [0.2, 0.25) is 0 Å². The van der Waals surface area contributed by atoms with E-state index in [0.717, 1.165) is 12.1 Å². The van der Waals surface area contributed by atoms with Crippen molar-refractivity contribution in [1.82, 2.24) is 0 Å². The topological polar surface area (TPSA) is 30.5 Å². The monoisotopic (exact) mass is 249 g/mol. The molecular weight excluding hydrogens is 235 g/mol. The van der Waals surface area contributed by atoms with Gasteiger partial charge < -0.3 is 14.8 Å². The molecule has 0 saturated heterocycles. The van der Waals surface area contributed by atoms with E-state index in [1.165, 1.54) is 14.2 Å². The Kier molecular flexibility index (Phi) is 4.77. The van der Waals surface area contributed by atoms with Gasteiger partial charge in [-0.15, -0.1) is 0 Å². The summed E-state index contributed by atoms with van der Waals surface area (Å²) in [6, 6.07) is 1.54. The van der Waals surface area contributed by atoms with Gasteiger partial charge in [0.05, 0.1) is 11.7 Å². The van der Waals surface area contributed by atoms with Gasteiger partial charge in [-0.25, -0.2) is 13.2 Å². The summed E-state index contributed by atoms with van der Waals surface area (Å²) in [5.74, 6) is -3.99. The Morgan fingerprint density at radius 1 is 1.06 bits per heavy atom. The molecule has 0 fully saturated rings. The zero-order valence-electron chi connectivity index (χ0n) is 9.76. The van der Waals surface area contributed by atoms with Gasteiger partial charge in [0.2, 0.25) is 0 Å². The number of nitrogens with one attached hydrogen (secondary N) is 1. The number of ether oxygens (including phenoxy) is 2. The molecule has 0 heterocycles. The van der Waals surface area contributed by atoms with Crippen molar-refractivity contribution in [3.05, 3.63) is 29.6 Å². The first kappa shape index (κ1) is 13.8. The fraction of sp³-hybridized carbons (Fsp3) is 0.455. The third-order valence-corrected chi connectivity index (χ3v) is 2.29. The standard InChI is InChI=1S/C11H14F3NO2/c1-6(11(16-2)17-3)15-8-5-4-7(12)9(13)10(8)14/h4-6,11,15H,1-3H3. The molecule has 1 atom stereocenters. The van der Waals surface area contributed by atoms with E-state index in [2.05, 4.69) is 5.32 Å². The highest BCUT2D eigenvalue weighted by molar-refractivity contribution is 5.46. The highest BCUT2D eigenvalue weighted by Gasteiger charge is 2.19. The molecule has 0 bridgehead atoms. The molecule has 0 amide bonds. The number of rotatable bonds is 5. The summed E-state index contributed by atoms with van der Waals surface area (Å²) in [7, 11) is 2.85. The molecule has 6 heteroatoms. The van der Waals surface area contributed by atoms with E-state index in [0.29, 0.717) is 0 Å². The van der Waals surface area contributed by atoms with E-state index in [1.54, 1.807) is 6.92 Å². The molecular formula is C11H14F3NO2. The fourth-order valence-corrected chi connectivity index (χ4v) is 1.46. The molecule has 96 valence electrons. The maximum Gasteiger partial charge on any atom is 0.196 e. The smallest absolute Gasteiger partial charge is 0.196 e. The van der Waals surface area contributed by atoms with Crippen molar-refractivity contribution in [2.24, 2.45) is 0 Å². The molecule has 1 unspecified atom stereocenters. The molecule has 3 nitrogen and oxygen atoms in total. The Morgan fingerprint density at radius 2 is 1.65 bits per heavy atom. The van der Waals surface area contributed by atoms with Gasteiger partial charge in [0.25, 0.3) is 0 Å². The Bertz CT molecular complexity index is 383. The average Bonchev–Trinajstić information content (AvgIpc) is 2.31. The summed E-state index contributed by atoms with van der Waals surface area (Å²) in [5, 5.41) is 2.65. The molecule has 0 saturated carbocycles. The predicted molar refractivity (Wildman–Crippen MR) is 57.2 cm³/mol. The van der Waals surface area contributed by atoms with E-state index in [-0.39, 0.29) is 5.69 Å². The molecule has 0 aliphatic carbocycles. The third-order valence-electron chi connectivity index (χ3n) is 2.29. The summed E-state index contributed by atoms with van der Waals surface area (Å²) in [4.78, 5) is 0. The van der Waals surface area contributed by atoms with E-state index in [9.17, 15) is 13.2 Å². The number of benzene rings is 1. The van der Waals surface area contributed by atoms with Crippen LogP contribution in [0.1, 0.15) is 6.92 Å². The number of methoxy groups -OCH3 is 2. The molecule has 1 N–H and O–H groups in total. The first-order valence-electron chi connectivity index (χ1n) is 4.96. The lowest BCUT2D eigenvalue weighted by molar-refractivity contribution is -0.109. The van der Waals surface area contributed by atoms with E-state index >= 15 is 0 Å². The highest BCUT2D eigenvalue weighted by Crippen LogP contribution is 2.21. The second-order valence-corrected chi connectivity index (χ2v) is 3.50. The summed E-state index contributed by atoms with van der Waals surface area (Å²) in [6.07, 6.45) is -0.623. The highest BCUT2D eigenvalue weighted by atomic mass is 19.2. The maximum atomic E-state index is 13.3. The molecule has 17 heavy (non-hydrogen) atoms.